The number of nitrogens with zero attached hydrogens (tertiary/aromatic N) is 1. The smallest absolute Gasteiger partial charge is 0.401 e. The Kier molecular flexibility index (Phi) is 5.60. The third kappa shape index (κ3) is 4.93. The molecular weight excluding hydrogens is 285 g/mol. The summed E-state index contributed by atoms with van der Waals surface area (Å²) in [5.41, 5.74) is 6.46. The lowest BCUT2D eigenvalue weighted by molar-refractivity contribution is -0.150. The Balaban J connectivity index is 3.10. The van der Waals surface area contributed by atoms with Gasteiger partial charge in [0.1, 0.15) is 0 Å². The van der Waals surface area contributed by atoms with E-state index in [-0.39, 0.29) is 23.8 Å². The van der Waals surface area contributed by atoms with Gasteiger partial charge >= 0.3 is 12.1 Å². The number of alkyl halides is 3. The van der Waals surface area contributed by atoms with Crippen molar-refractivity contribution < 1.29 is 22.7 Å². The van der Waals surface area contributed by atoms with E-state index in [1.54, 1.807) is 26.0 Å². The Morgan fingerprint density at radius 3 is 2.48 bits per heavy atom. The van der Waals surface area contributed by atoms with Gasteiger partial charge in [0.05, 0.1) is 19.2 Å². The summed E-state index contributed by atoms with van der Waals surface area (Å²) in [6.07, 6.45) is -4.31. The number of halogens is 3. The number of anilines is 1. The Labute approximate surface area is 121 Å². The second-order valence-electron chi connectivity index (χ2n) is 4.99. The molecular formula is C14H19F3N2O2. The minimum absolute atomic E-state index is 0.0351. The molecule has 0 saturated heterocycles. The first-order chi connectivity index (χ1) is 9.65. The van der Waals surface area contributed by atoms with Gasteiger partial charge < -0.3 is 10.5 Å². The molecule has 0 atom stereocenters. The van der Waals surface area contributed by atoms with Gasteiger partial charge in [0.2, 0.25) is 0 Å². The molecule has 1 aromatic rings. The minimum atomic E-state index is -4.31. The van der Waals surface area contributed by atoms with Crippen molar-refractivity contribution in [3.63, 3.8) is 0 Å². The summed E-state index contributed by atoms with van der Waals surface area (Å²) in [5.74, 6) is -0.654. The third-order valence-corrected chi connectivity index (χ3v) is 3.06. The molecule has 0 unspecified atom stereocenters. The maximum Gasteiger partial charge on any atom is 0.401 e. The molecule has 4 nitrogen and oxygen atoms in total. The topological polar surface area (TPSA) is 55.6 Å². The van der Waals surface area contributed by atoms with Crippen molar-refractivity contribution in [1.29, 1.82) is 0 Å². The number of ether oxygens (including phenoxy) is 1. The summed E-state index contributed by atoms with van der Waals surface area (Å²) in [6, 6.07) is 4.36. The van der Waals surface area contributed by atoms with Crippen LogP contribution < -0.4 is 5.73 Å². The average Bonchev–Trinajstić information content (AvgIpc) is 2.35. The molecule has 0 aliphatic heterocycles. The van der Waals surface area contributed by atoms with Gasteiger partial charge in [-0.25, -0.2) is 4.79 Å². The van der Waals surface area contributed by atoms with Gasteiger partial charge in [-0.3, -0.25) is 4.90 Å². The molecule has 1 aromatic carbocycles. The number of nitrogen functional groups attached to an aromatic ring is 1. The van der Waals surface area contributed by atoms with Crippen LogP contribution in [0.3, 0.4) is 0 Å². The molecule has 0 radical (unpaired) electrons. The van der Waals surface area contributed by atoms with Crippen LogP contribution in [0, 0.1) is 0 Å². The molecule has 0 aliphatic carbocycles. The van der Waals surface area contributed by atoms with Gasteiger partial charge in [-0.15, -0.1) is 0 Å². The summed E-state index contributed by atoms with van der Waals surface area (Å²) in [4.78, 5) is 13.0. The predicted octanol–water partition coefficient (Wildman–Crippen LogP) is 2.83. The van der Waals surface area contributed by atoms with Gasteiger partial charge in [0.15, 0.2) is 0 Å². The molecule has 7 heteroatoms. The largest absolute Gasteiger partial charge is 0.465 e. The Hall–Kier alpha value is -1.76. The van der Waals surface area contributed by atoms with E-state index in [1.165, 1.54) is 18.1 Å². The number of nitrogens with two attached hydrogens (primary N) is 1. The Bertz CT molecular complexity index is 501. The highest BCUT2D eigenvalue weighted by molar-refractivity contribution is 5.96. The zero-order valence-electron chi connectivity index (χ0n) is 12.2. The van der Waals surface area contributed by atoms with Crippen LogP contribution in [0.2, 0.25) is 0 Å². The van der Waals surface area contributed by atoms with E-state index in [1.807, 2.05) is 0 Å². The number of esters is 1. The highest BCUT2D eigenvalue weighted by Gasteiger charge is 2.32. The molecule has 0 aliphatic rings. The highest BCUT2D eigenvalue weighted by Crippen LogP contribution is 2.24. The van der Waals surface area contributed by atoms with Crippen LogP contribution in [0.5, 0.6) is 0 Å². The summed E-state index contributed by atoms with van der Waals surface area (Å²) < 4.78 is 42.5. The van der Waals surface area contributed by atoms with E-state index < -0.39 is 18.7 Å². The first-order valence-corrected chi connectivity index (χ1v) is 6.42. The minimum Gasteiger partial charge on any atom is -0.465 e. The van der Waals surface area contributed by atoms with Crippen molar-refractivity contribution in [2.24, 2.45) is 0 Å². The van der Waals surface area contributed by atoms with Gasteiger partial charge in [-0.05, 0) is 25.5 Å². The van der Waals surface area contributed by atoms with E-state index in [0.29, 0.717) is 5.56 Å². The number of rotatable bonds is 5. The fraction of sp³-hybridized carbons (Fsp3) is 0.500. The number of methoxy groups -OCH3 is 1. The molecule has 2 N–H and O–H groups in total. The Morgan fingerprint density at radius 1 is 1.38 bits per heavy atom. The molecule has 0 fully saturated rings. The maximum absolute atomic E-state index is 12.6. The van der Waals surface area contributed by atoms with E-state index >= 15 is 0 Å². The Morgan fingerprint density at radius 2 is 2.00 bits per heavy atom. The van der Waals surface area contributed by atoms with Crippen LogP contribution in [0.25, 0.3) is 0 Å². The van der Waals surface area contributed by atoms with E-state index in [0.717, 1.165) is 0 Å². The lowest BCUT2D eigenvalue weighted by Gasteiger charge is -2.28. The number of benzene rings is 1. The number of carbonyl (C=O) groups excluding carboxylic acids is 1. The summed E-state index contributed by atoms with van der Waals surface area (Å²) in [7, 11) is 1.20. The highest BCUT2D eigenvalue weighted by atomic mass is 19.4. The lowest BCUT2D eigenvalue weighted by atomic mass is 10.0. The quantitative estimate of drug-likeness (QED) is 0.671. The van der Waals surface area contributed by atoms with Crippen molar-refractivity contribution in [2.45, 2.75) is 32.6 Å². The van der Waals surface area contributed by atoms with Gasteiger partial charge in [0, 0.05) is 18.3 Å². The van der Waals surface area contributed by atoms with E-state index in [9.17, 15) is 18.0 Å². The van der Waals surface area contributed by atoms with Gasteiger partial charge in [-0.2, -0.15) is 13.2 Å². The fourth-order valence-electron chi connectivity index (χ4n) is 1.97. The first kappa shape index (κ1) is 17.3. The zero-order chi connectivity index (χ0) is 16.2. The first-order valence-electron chi connectivity index (χ1n) is 6.42. The van der Waals surface area contributed by atoms with Crippen LogP contribution in [-0.4, -0.2) is 36.7 Å². The second kappa shape index (κ2) is 6.80. The zero-order valence-corrected chi connectivity index (χ0v) is 12.2. The number of carbonyl (C=O) groups is 1. The molecule has 0 spiro atoms. The number of hydrogen-bond donors (Lipinski definition) is 1. The van der Waals surface area contributed by atoms with Crippen molar-refractivity contribution in [3.8, 4) is 0 Å². The van der Waals surface area contributed by atoms with Gasteiger partial charge in [0.25, 0.3) is 0 Å². The summed E-state index contributed by atoms with van der Waals surface area (Å²) >= 11 is 0. The number of hydrogen-bond acceptors (Lipinski definition) is 4. The van der Waals surface area contributed by atoms with Crippen molar-refractivity contribution in [1.82, 2.24) is 4.90 Å². The van der Waals surface area contributed by atoms with Crippen LogP contribution in [-0.2, 0) is 11.3 Å². The predicted molar refractivity (Wildman–Crippen MR) is 73.8 cm³/mol. The molecule has 0 heterocycles. The lowest BCUT2D eigenvalue weighted by Crippen LogP contribution is -2.38. The summed E-state index contributed by atoms with van der Waals surface area (Å²) in [5, 5.41) is 0. The van der Waals surface area contributed by atoms with Crippen LogP contribution in [0.1, 0.15) is 29.8 Å². The van der Waals surface area contributed by atoms with E-state index in [4.69, 9.17) is 5.73 Å². The van der Waals surface area contributed by atoms with E-state index in [2.05, 4.69) is 4.74 Å². The third-order valence-electron chi connectivity index (χ3n) is 3.06. The SMILES string of the molecule is COC(=O)c1c(N)cccc1CN(CC(F)(F)F)C(C)C. The molecule has 0 aromatic heterocycles. The van der Waals surface area contributed by atoms with Gasteiger partial charge in [-0.1, -0.05) is 12.1 Å². The molecule has 0 saturated carbocycles. The standard InChI is InChI=1S/C14H19F3N2O2/c1-9(2)19(8-14(15,16)17)7-10-5-4-6-11(18)12(10)13(20)21-3/h4-6,9H,7-8,18H2,1-3H3. The normalized spacial score (nSPS) is 12.0. The van der Waals surface area contributed by atoms with Crippen LogP contribution in [0.4, 0.5) is 18.9 Å². The fourth-order valence-corrected chi connectivity index (χ4v) is 1.97. The second-order valence-corrected chi connectivity index (χ2v) is 4.99. The average molecular weight is 304 g/mol. The molecule has 0 bridgehead atoms. The molecule has 1 rings (SSSR count). The maximum atomic E-state index is 12.6. The monoisotopic (exact) mass is 304 g/mol. The van der Waals surface area contributed by atoms with Crippen LogP contribution >= 0.6 is 0 Å². The molecule has 118 valence electrons. The van der Waals surface area contributed by atoms with Crippen molar-refractivity contribution in [3.05, 3.63) is 29.3 Å². The van der Waals surface area contributed by atoms with Crippen LogP contribution in [0.15, 0.2) is 18.2 Å². The summed E-state index contributed by atoms with van der Waals surface area (Å²) in [6.45, 7) is 2.23. The molecule has 21 heavy (non-hydrogen) atoms. The van der Waals surface area contributed by atoms with Crippen molar-refractivity contribution >= 4 is 11.7 Å². The van der Waals surface area contributed by atoms with Crippen molar-refractivity contribution in [2.75, 3.05) is 19.4 Å². The molecule has 0 amide bonds.